The van der Waals surface area contributed by atoms with Gasteiger partial charge in [-0.15, -0.1) is 0 Å². The zero-order chi connectivity index (χ0) is 30.3. The third-order valence-corrected chi connectivity index (χ3v) is 10.1. The maximum absolute atomic E-state index is 14.5. The van der Waals surface area contributed by atoms with Crippen LogP contribution in [0.3, 0.4) is 0 Å². The predicted molar refractivity (Wildman–Crippen MR) is 176 cm³/mol. The fourth-order valence-electron chi connectivity index (χ4n) is 6.50. The minimum absolute atomic E-state index is 0.0839. The molecule has 2 amide bonds. The molecule has 2 aliphatic heterocycles. The molecule has 0 bridgehead atoms. The van der Waals surface area contributed by atoms with Gasteiger partial charge < -0.3 is 15.1 Å². The zero-order valence-electron chi connectivity index (χ0n) is 25.2. The number of nitrogens with one attached hydrogen (secondary N) is 1. The molecule has 3 aromatic carbocycles. The predicted octanol–water partition coefficient (Wildman–Crippen LogP) is 6.58. The minimum Gasteiger partial charge on any atom is -0.352 e. The molecular weight excluding hydrogens is 571 g/mol. The molecule has 3 aromatic rings. The van der Waals surface area contributed by atoms with Crippen LogP contribution in [0.5, 0.6) is 0 Å². The lowest BCUT2D eigenvalue weighted by Crippen LogP contribution is -2.51. The second kappa shape index (κ2) is 14.5. The Labute approximate surface area is 264 Å². The van der Waals surface area contributed by atoms with E-state index < -0.39 is 0 Å². The highest BCUT2D eigenvalue weighted by atomic mass is 32.2. The van der Waals surface area contributed by atoms with Crippen molar-refractivity contribution in [2.24, 2.45) is 0 Å². The minimum atomic E-state index is -0.330. The molecule has 1 saturated carbocycles. The van der Waals surface area contributed by atoms with Crippen molar-refractivity contribution in [2.45, 2.75) is 56.0 Å². The van der Waals surface area contributed by atoms with Gasteiger partial charge in [-0.1, -0.05) is 73.5 Å². The van der Waals surface area contributed by atoms with Gasteiger partial charge in [0.15, 0.2) is 0 Å². The van der Waals surface area contributed by atoms with Crippen molar-refractivity contribution < 1.29 is 14.0 Å². The van der Waals surface area contributed by atoms with Crippen LogP contribution in [0.2, 0.25) is 0 Å². The third kappa shape index (κ3) is 7.42. The molecule has 0 radical (unpaired) electrons. The molecule has 0 atom stereocenters. The topological polar surface area (TPSA) is 55.9 Å². The molecule has 1 N–H and O–H groups in total. The molecule has 1 aliphatic carbocycles. The van der Waals surface area contributed by atoms with Crippen molar-refractivity contribution in [1.29, 1.82) is 0 Å². The summed E-state index contributed by atoms with van der Waals surface area (Å²) in [4.78, 5) is 34.7. The van der Waals surface area contributed by atoms with Crippen LogP contribution < -0.4 is 10.2 Å². The lowest BCUT2D eigenvalue weighted by Gasteiger charge is -2.40. The number of piperazine rings is 1. The van der Waals surface area contributed by atoms with E-state index in [-0.39, 0.29) is 24.2 Å². The molecule has 44 heavy (non-hydrogen) atoms. The number of benzene rings is 3. The first-order chi connectivity index (χ1) is 21.5. The number of para-hydroxylation sites is 1. The van der Waals surface area contributed by atoms with E-state index in [2.05, 4.69) is 15.1 Å². The van der Waals surface area contributed by atoms with Crippen LogP contribution in [0.4, 0.5) is 10.1 Å². The van der Waals surface area contributed by atoms with Crippen LogP contribution in [-0.4, -0.2) is 66.9 Å². The summed E-state index contributed by atoms with van der Waals surface area (Å²) >= 11 is 1.41. The molecule has 230 valence electrons. The number of rotatable bonds is 9. The Morgan fingerprint density at radius 1 is 0.909 bits per heavy atom. The van der Waals surface area contributed by atoms with E-state index in [9.17, 15) is 14.0 Å². The number of amides is 2. The summed E-state index contributed by atoms with van der Waals surface area (Å²) in [5, 5.41) is 3.06. The van der Waals surface area contributed by atoms with Crippen molar-refractivity contribution in [3.8, 4) is 0 Å². The molecule has 0 spiro atoms. The number of fused-ring (bicyclic) bond motifs is 1. The number of thioether (sulfide) groups is 1. The number of hydrogen-bond donors (Lipinski definition) is 1. The monoisotopic (exact) mass is 612 g/mol. The summed E-state index contributed by atoms with van der Waals surface area (Å²) in [6.07, 6.45) is 9.68. The molecule has 0 unspecified atom stereocenters. The van der Waals surface area contributed by atoms with Crippen molar-refractivity contribution >= 4 is 35.3 Å². The van der Waals surface area contributed by atoms with Gasteiger partial charge in [-0.3, -0.25) is 14.5 Å². The number of anilines is 1. The Kier molecular flexibility index (Phi) is 10.1. The summed E-state index contributed by atoms with van der Waals surface area (Å²) in [6.45, 7) is 6.38. The van der Waals surface area contributed by atoms with Crippen molar-refractivity contribution in [1.82, 2.24) is 15.1 Å². The van der Waals surface area contributed by atoms with Gasteiger partial charge in [0, 0.05) is 54.8 Å². The summed E-state index contributed by atoms with van der Waals surface area (Å²) in [7, 11) is 0. The maximum atomic E-state index is 14.5. The highest BCUT2D eigenvalue weighted by molar-refractivity contribution is 8.04. The standard InChI is InChI=1S/C36H41FN4O2S/c37-31-12-5-4-9-29(31)26-41-32-13-6-7-14-33(32)44-34(36(41)43)25-27-15-17-28(18-16-27)35(42)38-19-8-20-39-21-23-40(24-22-39)30-10-2-1-3-11-30/h4-7,9,12-18,25,30H,1-3,8,10-11,19-24,26H2,(H,38,42)/b34-25+. The summed E-state index contributed by atoms with van der Waals surface area (Å²) < 4.78 is 14.5. The van der Waals surface area contributed by atoms with Crippen LogP contribution in [0.25, 0.3) is 6.08 Å². The van der Waals surface area contributed by atoms with E-state index in [0.29, 0.717) is 22.6 Å². The normalized spacial score (nSPS) is 19.2. The highest BCUT2D eigenvalue weighted by Gasteiger charge is 2.30. The number of carbonyl (C=O) groups is 2. The summed E-state index contributed by atoms with van der Waals surface area (Å²) in [5.74, 6) is -0.586. The molecule has 6 nitrogen and oxygen atoms in total. The number of hydrogen-bond acceptors (Lipinski definition) is 5. The summed E-state index contributed by atoms with van der Waals surface area (Å²) in [5.41, 5.74) is 2.67. The van der Waals surface area contributed by atoms with Crippen LogP contribution in [0.15, 0.2) is 82.6 Å². The Morgan fingerprint density at radius 2 is 1.64 bits per heavy atom. The van der Waals surface area contributed by atoms with E-state index in [1.165, 1.54) is 63.0 Å². The lowest BCUT2D eigenvalue weighted by molar-refractivity contribution is -0.114. The van der Waals surface area contributed by atoms with Gasteiger partial charge in [0.05, 0.1) is 17.1 Å². The molecule has 6 rings (SSSR count). The molecule has 0 aromatic heterocycles. The molecule has 1 saturated heterocycles. The zero-order valence-corrected chi connectivity index (χ0v) is 26.0. The van der Waals surface area contributed by atoms with E-state index in [1.807, 2.05) is 42.5 Å². The smallest absolute Gasteiger partial charge is 0.265 e. The summed E-state index contributed by atoms with van der Waals surface area (Å²) in [6, 6.07) is 22.4. The van der Waals surface area contributed by atoms with E-state index in [0.717, 1.165) is 48.2 Å². The van der Waals surface area contributed by atoms with Crippen LogP contribution in [0, 0.1) is 5.82 Å². The molecular formula is C36H41FN4O2S. The molecule has 3 aliphatic rings. The van der Waals surface area contributed by atoms with Crippen molar-refractivity contribution in [3.63, 3.8) is 0 Å². The average molecular weight is 613 g/mol. The van der Waals surface area contributed by atoms with Crippen molar-refractivity contribution in [3.05, 3.63) is 100 Å². The number of halogens is 1. The third-order valence-electron chi connectivity index (χ3n) is 9.02. The van der Waals surface area contributed by atoms with E-state index >= 15 is 0 Å². The average Bonchev–Trinajstić information content (AvgIpc) is 3.07. The largest absolute Gasteiger partial charge is 0.352 e. The van der Waals surface area contributed by atoms with E-state index in [4.69, 9.17) is 0 Å². The SMILES string of the molecule is O=C(NCCCN1CCN(C2CCCCC2)CC1)c1ccc(/C=C2/Sc3ccccc3N(Cc3ccccc3F)C2=O)cc1. The first-order valence-electron chi connectivity index (χ1n) is 15.9. The van der Waals surface area contributed by atoms with Gasteiger partial charge in [-0.2, -0.15) is 0 Å². The van der Waals surface area contributed by atoms with Crippen molar-refractivity contribution in [2.75, 3.05) is 44.2 Å². The fourth-order valence-corrected chi connectivity index (χ4v) is 7.56. The quantitative estimate of drug-likeness (QED) is 0.219. The molecule has 2 heterocycles. The van der Waals surface area contributed by atoms with Gasteiger partial charge in [0.25, 0.3) is 11.8 Å². The first kappa shape index (κ1) is 30.6. The maximum Gasteiger partial charge on any atom is 0.265 e. The Hall–Kier alpha value is -3.46. The van der Waals surface area contributed by atoms with E-state index in [1.54, 1.807) is 35.2 Å². The van der Waals surface area contributed by atoms with Gasteiger partial charge in [-0.05, 0) is 67.8 Å². The highest BCUT2D eigenvalue weighted by Crippen LogP contribution is 2.42. The molecule has 2 fully saturated rings. The van der Waals surface area contributed by atoms with Gasteiger partial charge in [-0.25, -0.2) is 4.39 Å². The lowest BCUT2D eigenvalue weighted by atomic mass is 9.94. The van der Waals surface area contributed by atoms with Gasteiger partial charge in [0.2, 0.25) is 0 Å². The van der Waals surface area contributed by atoms with Gasteiger partial charge in [0.1, 0.15) is 5.82 Å². The number of carbonyl (C=O) groups excluding carboxylic acids is 2. The second-order valence-corrected chi connectivity index (χ2v) is 13.0. The Morgan fingerprint density at radius 3 is 2.41 bits per heavy atom. The second-order valence-electron chi connectivity index (χ2n) is 12.0. The van der Waals surface area contributed by atoms with Gasteiger partial charge >= 0.3 is 0 Å². The first-order valence-corrected chi connectivity index (χ1v) is 16.8. The van der Waals surface area contributed by atoms with Crippen LogP contribution >= 0.6 is 11.8 Å². The Bertz CT molecular complexity index is 1480. The Balaban J connectivity index is 1.01. The fraction of sp³-hybridized carbons (Fsp3) is 0.389. The molecule has 8 heteroatoms. The van der Waals surface area contributed by atoms with Crippen LogP contribution in [-0.2, 0) is 11.3 Å². The van der Waals surface area contributed by atoms with Crippen LogP contribution in [0.1, 0.15) is 60.0 Å². The number of nitrogens with zero attached hydrogens (tertiary/aromatic N) is 3.